The second-order valence-electron chi connectivity index (χ2n) is 7.83. The molecule has 2 aromatic rings. The molecule has 2 nitrogen and oxygen atoms in total. The van der Waals surface area contributed by atoms with Crippen LogP contribution in [0, 0.1) is 11.8 Å². The van der Waals surface area contributed by atoms with Crippen molar-refractivity contribution in [3.05, 3.63) is 65.2 Å². The zero-order valence-corrected chi connectivity index (χ0v) is 18.2. The monoisotopic (exact) mass is 431 g/mol. The van der Waals surface area contributed by atoms with E-state index in [1.807, 2.05) is 24.3 Å². The molecule has 0 aliphatic carbocycles. The molecule has 0 atom stereocenters. The molecule has 168 valence electrons. The summed E-state index contributed by atoms with van der Waals surface area (Å²) in [4.78, 5) is 0. The summed E-state index contributed by atoms with van der Waals surface area (Å²) >= 11 is 0. The van der Waals surface area contributed by atoms with E-state index in [4.69, 9.17) is 0 Å². The van der Waals surface area contributed by atoms with E-state index in [0.717, 1.165) is 41.2 Å². The predicted molar refractivity (Wildman–Crippen MR) is 120 cm³/mol. The minimum atomic E-state index is -4.38. The van der Waals surface area contributed by atoms with Crippen LogP contribution in [0.25, 0.3) is 0 Å². The maximum absolute atomic E-state index is 12.6. The van der Waals surface area contributed by atoms with Crippen LogP contribution in [0.5, 0.6) is 0 Å². The second-order valence-corrected chi connectivity index (χ2v) is 7.83. The van der Waals surface area contributed by atoms with Crippen LogP contribution in [0.4, 0.5) is 18.9 Å². The van der Waals surface area contributed by atoms with Crippen molar-refractivity contribution in [2.75, 3.05) is 5.06 Å². The lowest BCUT2D eigenvalue weighted by molar-refractivity contribution is -0.137. The summed E-state index contributed by atoms with van der Waals surface area (Å²) in [7, 11) is 0. The van der Waals surface area contributed by atoms with E-state index in [9.17, 15) is 18.4 Å². The third-order valence-corrected chi connectivity index (χ3v) is 5.17. The first kappa shape index (κ1) is 24.8. The number of unbranched alkanes of at least 4 members (excludes halogenated alkanes) is 8. The van der Waals surface area contributed by atoms with Crippen molar-refractivity contribution in [1.29, 1.82) is 0 Å². The zero-order valence-electron chi connectivity index (χ0n) is 18.2. The minimum absolute atomic E-state index is 0.178. The van der Waals surface area contributed by atoms with E-state index < -0.39 is 11.7 Å². The molecule has 0 saturated heterocycles. The highest BCUT2D eigenvalue weighted by molar-refractivity contribution is 5.46. The zero-order chi connectivity index (χ0) is 22.5. The molecule has 31 heavy (non-hydrogen) atoms. The molecule has 0 aromatic heterocycles. The average Bonchev–Trinajstić information content (AvgIpc) is 2.75. The molecule has 1 N–H and O–H groups in total. The van der Waals surface area contributed by atoms with E-state index in [1.54, 1.807) is 0 Å². The van der Waals surface area contributed by atoms with Gasteiger partial charge in [0.25, 0.3) is 0 Å². The van der Waals surface area contributed by atoms with E-state index in [2.05, 4.69) is 18.8 Å². The van der Waals surface area contributed by atoms with Gasteiger partial charge in [0.15, 0.2) is 0 Å². The Kier molecular flexibility index (Phi) is 10.5. The van der Waals surface area contributed by atoms with Crippen molar-refractivity contribution < 1.29 is 18.4 Å². The number of benzene rings is 2. The second kappa shape index (κ2) is 13.1. The first-order valence-electron chi connectivity index (χ1n) is 11.1. The van der Waals surface area contributed by atoms with Gasteiger partial charge in [-0.05, 0) is 48.4 Å². The number of halogens is 3. The summed E-state index contributed by atoms with van der Waals surface area (Å²) in [6.45, 7) is 2.41. The van der Waals surface area contributed by atoms with Crippen molar-refractivity contribution in [3.63, 3.8) is 0 Å². The van der Waals surface area contributed by atoms with Crippen molar-refractivity contribution in [2.45, 2.75) is 77.4 Å². The van der Waals surface area contributed by atoms with Gasteiger partial charge in [-0.3, -0.25) is 10.3 Å². The Morgan fingerprint density at radius 3 is 1.97 bits per heavy atom. The van der Waals surface area contributed by atoms with Crippen molar-refractivity contribution in [2.24, 2.45) is 0 Å². The van der Waals surface area contributed by atoms with Gasteiger partial charge >= 0.3 is 6.18 Å². The first-order valence-corrected chi connectivity index (χ1v) is 11.1. The van der Waals surface area contributed by atoms with Crippen LogP contribution in [0.3, 0.4) is 0 Å². The van der Waals surface area contributed by atoms with Crippen LogP contribution in [0.2, 0.25) is 0 Å². The molecule has 0 heterocycles. The number of anilines is 1. The maximum Gasteiger partial charge on any atom is 0.416 e. The van der Waals surface area contributed by atoms with Gasteiger partial charge in [0.1, 0.15) is 0 Å². The fourth-order valence-corrected chi connectivity index (χ4v) is 3.29. The first-order chi connectivity index (χ1) is 14.9. The largest absolute Gasteiger partial charge is 0.416 e. The van der Waals surface area contributed by atoms with Crippen molar-refractivity contribution in [3.8, 4) is 11.8 Å². The number of nitrogens with zero attached hydrogens (tertiary/aromatic N) is 1. The fraction of sp³-hybridized carbons (Fsp3) is 0.462. The van der Waals surface area contributed by atoms with Gasteiger partial charge in [-0.25, -0.2) is 0 Å². The van der Waals surface area contributed by atoms with Crippen molar-refractivity contribution in [1.82, 2.24) is 0 Å². The van der Waals surface area contributed by atoms with E-state index >= 15 is 0 Å². The molecule has 0 spiro atoms. The Morgan fingerprint density at radius 2 is 1.39 bits per heavy atom. The molecule has 0 bridgehead atoms. The lowest BCUT2D eigenvalue weighted by Crippen LogP contribution is -2.17. The number of hydrogen-bond acceptors (Lipinski definition) is 2. The fourth-order valence-electron chi connectivity index (χ4n) is 3.29. The van der Waals surface area contributed by atoms with Gasteiger partial charge in [-0.2, -0.15) is 13.2 Å². The van der Waals surface area contributed by atoms with Crippen LogP contribution in [-0.4, -0.2) is 5.21 Å². The summed E-state index contributed by atoms with van der Waals surface area (Å²) in [5, 5.41) is 11.1. The molecule has 0 amide bonds. The lowest BCUT2D eigenvalue weighted by atomic mass is 10.1. The Labute approximate surface area is 184 Å². The summed E-state index contributed by atoms with van der Waals surface area (Å²) in [6.07, 6.45) is 6.81. The van der Waals surface area contributed by atoms with E-state index in [-0.39, 0.29) is 6.54 Å². The number of rotatable bonds is 11. The summed E-state index contributed by atoms with van der Waals surface area (Å²) in [5.74, 6) is 6.38. The highest BCUT2D eigenvalue weighted by Gasteiger charge is 2.30. The normalized spacial score (nSPS) is 11.1. The molecule has 2 aromatic carbocycles. The van der Waals surface area contributed by atoms with Gasteiger partial charge in [0, 0.05) is 12.0 Å². The van der Waals surface area contributed by atoms with Gasteiger partial charge in [-0.15, -0.1) is 0 Å². The number of alkyl halides is 3. The summed E-state index contributed by atoms with van der Waals surface area (Å²) < 4.78 is 37.9. The molecule has 5 heteroatoms. The summed E-state index contributed by atoms with van der Waals surface area (Å²) in [6, 6.07) is 12.0. The van der Waals surface area contributed by atoms with Crippen LogP contribution in [-0.2, 0) is 12.7 Å². The Balaban J connectivity index is 1.73. The molecule has 0 aliphatic heterocycles. The summed E-state index contributed by atoms with van der Waals surface area (Å²) in [5.41, 5.74) is 1.33. The molecule has 0 radical (unpaired) electrons. The highest BCUT2D eigenvalue weighted by atomic mass is 19.4. The highest BCUT2D eigenvalue weighted by Crippen LogP contribution is 2.30. The van der Waals surface area contributed by atoms with E-state index in [0.29, 0.717) is 5.69 Å². The standard InChI is InChI=1S/C26H32F3NO/c1-2-3-4-5-6-7-8-9-10-11-12-22-13-15-23(16-14-22)21-30(31)25-19-17-24(18-20-25)26(27,28)29/h13-20,31H,2-10,21H2,1H3. The lowest BCUT2D eigenvalue weighted by Gasteiger charge is -2.18. The van der Waals surface area contributed by atoms with Gasteiger partial charge in [0.2, 0.25) is 0 Å². The van der Waals surface area contributed by atoms with Crippen LogP contribution in [0.15, 0.2) is 48.5 Å². The van der Waals surface area contributed by atoms with Crippen LogP contribution in [0.1, 0.15) is 81.4 Å². The topological polar surface area (TPSA) is 23.5 Å². The van der Waals surface area contributed by atoms with Crippen molar-refractivity contribution >= 4 is 5.69 Å². The van der Waals surface area contributed by atoms with Gasteiger partial charge < -0.3 is 0 Å². The van der Waals surface area contributed by atoms with Crippen LogP contribution >= 0.6 is 0 Å². The Bertz CT molecular complexity index is 817. The SMILES string of the molecule is CCCCCCCCCCC#Cc1ccc(CN(O)c2ccc(C(F)(F)F)cc2)cc1. The smallest absolute Gasteiger partial charge is 0.288 e. The third kappa shape index (κ3) is 9.48. The minimum Gasteiger partial charge on any atom is -0.288 e. The predicted octanol–water partition coefficient (Wildman–Crippen LogP) is 7.98. The molecule has 2 rings (SSSR count). The molecular formula is C26H32F3NO. The van der Waals surface area contributed by atoms with Gasteiger partial charge in [0.05, 0.1) is 17.8 Å². The molecule has 0 fully saturated rings. The van der Waals surface area contributed by atoms with Crippen LogP contribution < -0.4 is 5.06 Å². The maximum atomic E-state index is 12.6. The Morgan fingerprint density at radius 1 is 0.806 bits per heavy atom. The van der Waals surface area contributed by atoms with Gasteiger partial charge in [-0.1, -0.05) is 75.8 Å². The quantitative estimate of drug-likeness (QED) is 0.221. The van der Waals surface area contributed by atoms with E-state index in [1.165, 1.54) is 57.1 Å². The third-order valence-electron chi connectivity index (χ3n) is 5.17. The molecule has 0 saturated carbocycles. The molecule has 0 aliphatic rings. The molecule has 0 unspecified atom stereocenters. The number of hydrogen-bond donors (Lipinski definition) is 1. The average molecular weight is 432 g/mol. The molecular weight excluding hydrogens is 399 g/mol. The number of hydroxylamine groups is 1. The Hall–Kier alpha value is -2.45.